The quantitative estimate of drug-likeness (QED) is 0.232. The first-order valence-electron chi connectivity index (χ1n) is 16.7. The molecule has 6 heterocycles. The molecular weight excluding hydrogens is 658 g/mol. The summed E-state index contributed by atoms with van der Waals surface area (Å²) in [6.45, 7) is 7.26. The van der Waals surface area contributed by atoms with Crippen molar-refractivity contribution in [3.63, 3.8) is 0 Å². The van der Waals surface area contributed by atoms with Crippen molar-refractivity contribution in [3.8, 4) is 29.0 Å². The molecule has 13 heteroatoms. The van der Waals surface area contributed by atoms with Crippen molar-refractivity contribution >= 4 is 54.7 Å². The summed E-state index contributed by atoms with van der Waals surface area (Å²) < 4.78 is 45.3. The van der Waals surface area contributed by atoms with Crippen molar-refractivity contribution < 1.29 is 23.4 Å². The normalized spacial score (nSPS) is 27.2. The SMILES string of the molecule is C[C@H]1CN2CCC[C@@]2(COc2nc3c4c(c(Cl)c(-c5ccc(F)c6sc(N)c(C#N)c56)c(F)c4n2)OCCC2N3CCCCC2(C)O)C1. The molecule has 0 spiro atoms. The van der Waals surface area contributed by atoms with Crippen LogP contribution in [0.2, 0.25) is 5.02 Å². The van der Waals surface area contributed by atoms with E-state index < -0.39 is 17.2 Å². The van der Waals surface area contributed by atoms with Crippen LogP contribution < -0.4 is 20.1 Å². The molecule has 4 aliphatic rings. The zero-order valence-electron chi connectivity index (χ0n) is 26.9. The standard InChI is InChI=1S/C35H37ClF2N6O3S/c1-18-14-35(10-5-11-43(35)16-18)17-47-33-41-28-25-29(46-13-8-22-34(2,45)9-3-4-12-44(22)32(25)42-33)26(36)24(27(28)38)19-6-7-21(37)30-23(19)20(15-39)31(40)48-30/h6-7,18,22,45H,3-5,8-14,16-17,40H2,1-2H3/t18-,22?,34?,35+/m1/s1. The molecule has 252 valence electrons. The second kappa shape index (κ2) is 11.5. The average molecular weight is 695 g/mol. The molecule has 3 fully saturated rings. The lowest BCUT2D eigenvalue weighted by Crippen LogP contribution is -2.51. The number of nitrogen functional groups attached to an aromatic ring is 1. The smallest absolute Gasteiger partial charge is 0.319 e. The van der Waals surface area contributed by atoms with E-state index in [1.807, 2.05) is 11.8 Å². The molecule has 0 aliphatic carbocycles. The molecule has 4 atom stereocenters. The maximum absolute atomic E-state index is 17.3. The van der Waals surface area contributed by atoms with Crippen LogP contribution in [0.15, 0.2) is 12.1 Å². The van der Waals surface area contributed by atoms with E-state index in [-0.39, 0.29) is 77.7 Å². The summed E-state index contributed by atoms with van der Waals surface area (Å²) in [7, 11) is 0. The number of nitriles is 1. The van der Waals surface area contributed by atoms with E-state index in [4.69, 9.17) is 36.8 Å². The minimum Gasteiger partial charge on any atom is -0.491 e. The second-order valence-corrected chi connectivity index (χ2v) is 15.6. The highest BCUT2D eigenvalue weighted by molar-refractivity contribution is 7.23. The summed E-state index contributed by atoms with van der Waals surface area (Å²) in [6, 6.07) is 4.36. The van der Waals surface area contributed by atoms with Crippen LogP contribution in [0.3, 0.4) is 0 Å². The Hall–Kier alpha value is -3.50. The summed E-state index contributed by atoms with van der Waals surface area (Å²) in [5, 5.41) is 22.2. The van der Waals surface area contributed by atoms with Gasteiger partial charge in [0.2, 0.25) is 0 Å². The highest BCUT2D eigenvalue weighted by atomic mass is 35.5. The molecule has 2 aromatic carbocycles. The minimum absolute atomic E-state index is 0.0290. The fraction of sp³-hybridized carbons (Fsp3) is 0.514. The second-order valence-electron chi connectivity index (χ2n) is 14.2. The van der Waals surface area contributed by atoms with Gasteiger partial charge in [-0.1, -0.05) is 24.6 Å². The van der Waals surface area contributed by atoms with E-state index >= 15 is 8.78 Å². The summed E-state index contributed by atoms with van der Waals surface area (Å²) >= 11 is 8.03. The lowest BCUT2D eigenvalue weighted by atomic mass is 9.88. The number of benzene rings is 2. The van der Waals surface area contributed by atoms with Gasteiger partial charge in [0, 0.05) is 30.5 Å². The lowest BCUT2D eigenvalue weighted by Gasteiger charge is -2.41. The number of rotatable bonds is 4. The maximum Gasteiger partial charge on any atom is 0.319 e. The number of fused-ring (bicyclic) bond motifs is 4. The number of aliphatic hydroxyl groups is 1. The number of nitrogens with zero attached hydrogens (tertiary/aromatic N) is 5. The molecule has 0 amide bonds. The van der Waals surface area contributed by atoms with Gasteiger partial charge >= 0.3 is 6.01 Å². The zero-order chi connectivity index (χ0) is 33.5. The zero-order valence-corrected chi connectivity index (χ0v) is 28.5. The Morgan fingerprint density at radius 2 is 2.04 bits per heavy atom. The Morgan fingerprint density at radius 3 is 2.85 bits per heavy atom. The predicted molar refractivity (Wildman–Crippen MR) is 183 cm³/mol. The fourth-order valence-electron chi connectivity index (χ4n) is 8.83. The third kappa shape index (κ3) is 4.80. The van der Waals surface area contributed by atoms with Crippen LogP contribution in [-0.4, -0.2) is 70.0 Å². The first-order chi connectivity index (χ1) is 23.0. The summed E-state index contributed by atoms with van der Waals surface area (Å²) in [5.74, 6) is -0.218. The Morgan fingerprint density at radius 1 is 1.21 bits per heavy atom. The third-order valence-electron chi connectivity index (χ3n) is 10.9. The Balaban J connectivity index is 1.37. The number of aromatic nitrogens is 2. The van der Waals surface area contributed by atoms with E-state index in [2.05, 4.69) is 17.9 Å². The van der Waals surface area contributed by atoms with Crippen molar-refractivity contribution in [2.45, 2.75) is 76.0 Å². The monoisotopic (exact) mass is 694 g/mol. The largest absolute Gasteiger partial charge is 0.491 e. The van der Waals surface area contributed by atoms with E-state index in [0.717, 1.165) is 56.5 Å². The summed E-state index contributed by atoms with van der Waals surface area (Å²) in [6.07, 6.45) is 5.79. The van der Waals surface area contributed by atoms with Gasteiger partial charge in [-0.05, 0) is 69.5 Å². The van der Waals surface area contributed by atoms with Crippen LogP contribution in [0.4, 0.5) is 19.6 Å². The van der Waals surface area contributed by atoms with Crippen molar-refractivity contribution in [1.29, 1.82) is 5.26 Å². The molecule has 4 aromatic rings. The highest BCUT2D eigenvalue weighted by Crippen LogP contribution is 2.52. The maximum atomic E-state index is 17.3. The van der Waals surface area contributed by atoms with Crippen LogP contribution in [0, 0.1) is 28.9 Å². The molecule has 48 heavy (non-hydrogen) atoms. The van der Waals surface area contributed by atoms with E-state index in [1.54, 1.807) is 0 Å². The Labute approximate surface area is 286 Å². The number of halogens is 3. The van der Waals surface area contributed by atoms with E-state index in [9.17, 15) is 10.4 Å². The van der Waals surface area contributed by atoms with Gasteiger partial charge in [-0.15, -0.1) is 11.3 Å². The van der Waals surface area contributed by atoms with Gasteiger partial charge in [0.05, 0.1) is 44.5 Å². The Kier molecular flexibility index (Phi) is 7.64. The summed E-state index contributed by atoms with van der Waals surface area (Å²) in [5.41, 5.74) is 5.09. The number of ether oxygens (including phenoxy) is 2. The molecule has 2 aromatic heterocycles. The summed E-state index contributed by atoms with van der Waals surface area (Å²) in [4.78, 5) is 14.2. The number of hydrogen-bond acceptors (Lipinski definition) is 10. The van der Waals surface area contributed by atoms with Gasteiger partial charge < -0.3 is 25.2 Å². The van der Waals surface area contributed by atoms with Crippen LogP contribution in [0.1, 0.15) is 64.4 Å². The van der Waals surface area contributed by atoms with Gasteiger partial charge in [0.1, 0.15) is 34.8 Å². The van der Waals surface area contributed by atoms with Crippen LogP contribution in [0.5, 0.6) is 11.8 Å². The molecule has 0 radical (unpaired) electrons. The van der Waals surface area contributed by atoms with Crippen molar-refractivity contribution in [3.05, 3.63) is 34.4 Å². The predicted octanol–water partition coefficient (Wildman–Crippen LogP) is 7.04. The van der Waals surface area contributed by atoms with Crippen molar-refractivity contribution in [2.75, 3.05) is 43.5 Å². The van der Waals surface area contributed by atoms with E-state index in [1.165, 1.54) is 12.1 Å². The third-order valence-corrected chi connectivity index (χ3v) is 12.3. The molecule has 0 saturated carbocycles. The molecular formula is C35H37ClF2N6O3S. The van der Waals surface area contributed by atoms with Gasteiger partial charge in [0.15, 0.2) is 11.6 Å². The topological polar surface area (TPSA) is 121 Å². The lowest BCUT2D eigenvalue weighted by molar-refractivity contribution is 0.0184. The molecule has 8 rings (SSSR count). The van der Waals surface area contributed by atoms with Crippen LogP contribution >= 0.6 is 22.9 Å². The first kappa shape index (κ1) is 31.7. The molecule has 0 bridgehead atoms. The number of nitrogens with two attached hydrogens (primary N) is 1. The molecule has 9 nitrogen and oxygen atoms in total. The van der Waals surface area contributed by atoms with Gasteiger partial charge in [0.25, 0.3) is 0 Å². The van der Waals surface area contributed by atoms with Crippen molar-refractivity contribution in [2.24, 2.45) is 5.92 Å². The van der Waals surface area contributed by atoms with Gasteiger partial charge in [-0.25, -0.2) is 8.78 Å². The van der Waals surface area contributed by atoms with Crippen LogP contribution in [-0.2, 0) is 0 Å². The van der Waals surface area contributed by atoms with E-state index in [0.29, 0.717) is 37.7 Å². The van der Waals surface area contributed by atoms with Gasteiger partial charge in [-0.3, -0.25) is 4.90 Å². The fourth-order valence-corrected chi connectivity index (χ4v) is 10.1. The van der Waals surface area contributed by atoms with Gasteiger partial charge in [-0.2, -0.15) is 15.2 Å². The number of hydrogen-bond donors (Lipinski definition) is 2. The first-order valence-corrected chi connectivity index (χ1v) is 17.9. The molecule has 2 unspecified atom stereocenters. The Bertz CT molecular complexity index is 2020. The van der Waals surface area contributed by atoms with Crippen LogP contribution in [0.25, 0.3) is 32.1 Å². The molecule has 4 aliphatic heterocycles. The minimum atomic E-state index is -1.05. The molecule has 3 N–H and O–H groups in total. The highest BCUT2D eigenvalue weighted by Gasteiger charge is 2.48. The average Bonchev–Trinajstić information content (AvgIpc) is 3.65. The van der Waals surface area contributed by atoms with Crippen molar-refractivity contribution in [1.82, 2.24) is 14.9 Å². The number of thiophene rings is 1. The molecule has 3 saturated heterocycles. The number of anilines is 2.